The van der Waals surface area contributed by atoms with Gasteiger partial charge in [-0.25, -0.2) is 14.8 Å². The molecule has 2 aromatic heterocycles. The van der Waals surface area contributed by atoms with Crippen LogP contribution in [0.4, 0.5) is 0 Å². The number of hydrogen-bond donors (Lipinski definition) is 1. The first-order chi connectivity index (χ1) is 12.1. The molecule has 2 heterocycles. The molecule has 0 unspecified atom stereocenters. The van der Waals surface area contributed by atoms with Crippen LogP contribution in [0.15, 0.2) is 29.0 Å². The second-order valence-electron chi connectivity index (χ2n) is 4.91. The van der Waals surface area contributed by atoms with E-state index in [1.165, 1.54) is 28.1 Å². The minimum absolute atomic E-state index is 0.0363. The van der Waals surface area contributed by atoms with Gasteiger partial charge in [0.2, 0.25) is 0 Å². The highest BCUT2D eigenvalue weighted by Crippen LogP contribution is 2.36. The van der Waals surface area contributed by atoms with E-state index in [9.17, 15) is 4.79 Å². The largest absolute Gasteiger partial charge is 0.490 e. The molecule has 0 aliphatic heterocycles. The highest BCUT2D eigenvalue weighted by molar-refractivity contribution is 7.15. The fourth-order valence-corrected chi connectivity index (χ4v) is 3.81. The maximum Gasteiger partial charge on any atom is 0.355 e. The van der Waals surface area contributed by atoms with Crippen molar-refractivity contribution < 1.29 is 19.4 Å². The fraction of sp³-hybridized carbons (Fsp3) is 0.235. The number of nitrogens with zero attached hydrogens (tertiary/aromatic N) is 2. The Morgan fingerprint density at radius 1 is 1.04 bits per heavy atom. The summed E-state index contributed by atoms with van der Waals surface area (Å²) in [6, 6.07) is 5.71. The lowest BCUT2D eigenvalue weighted by Gasteiger charge is -2.11. The second kappa shape index (κ2) is 7.62. The van der Waals surface area contributed by atoms with Gasteiger partial charge in [-0.2, -0.15) is 0 Å². The van der Waals surface area contributed by atoms with Crippen LogP contribution in [0.1, 0.15) is 24.3 Å². The Kier molecular flexibility index (Phi) is 5.30. The summed E-state index contributed by atoms with van der Waals surface area (Å²) >= 11 is 2.74. The van der Waals surface area contributed by atoms with Gasteiger partial charge in [0.05, 0.1) is 13.2 Å². The lowest BCUT2D eigenvalue weighted by Crippen LogP contribution is -1.98. The molecule has 0 radical (unpaired) electrons. The van der Waals surface area contributed by atoms with Gasteiger partial charge in [-0.3, -0.25) is 0 Å². The van der Waals surface area contributed by atoms with Gasteiger partial charge in [-0.15, -0.1) is 22.7 Å². The number of aromatic nitrogens is 2. The van der Waals surface area contributed by atoms with Crippen LogP contribution in [0, 0.1) is 0 Å². The molecule has 8 heteroatoms. The molecule has 0 saturated carbocycles. The molecule has 0 fully saturated rings. The highest BCUT2D eigenvalue weighted by Gasteiger charge is 2.15. The first-order valence-corrected chi connectivity index (χ1v) is 9.43. The van der Waals surface area contributed by atoms with Gasteiger partial charge >= 0.3 is 5.97 Å². The van der Waals surface area contributed by atoms with Crippen molar-refractivity contribution in [1.29, 1.82) is 0 Å². The summed E-state index contributed by atoms with van der Waals surface area (Å²) in [4.78, 5) is 19.6. The van der Waals surface area contributed by atoms with Crippen molar-refractivity contribution in [1.82, 2.24) is 9.97 Å². The van der Waals surface area contributed by atoms with E-state index in [2.05, 4.69) is 9.97 Å². The van der Waals surface area contributed by atoms with Crippen LogP contribution in [0.25, 0.3) is 21.3 Å². The van der Waals surface area contributed by atoms with Crippen LogP contribution in [-0.2, 0) is 0 Å². The van der Waals surface area contributed by atoms with Crippen molar-refractivity contribution in [2.24, 2.45) is 0 Å². The van der Waals surface area contributed by atoms with Crippen molar-refractivity contribution in [3.05, 3.63) is 34.7 Å². The van der Waals surface area contributed by atoms with Gasteiger partial charge in [-0.05, 0) is 32.0 Å². The average molecular weight is 376 g/mol. The third kappa shape index (κ3) is 3.80. The summed E-state index contributed by atoms with van der Waals surface area (Å²) in [5.74, 6) is 0.350. The Bertz CT molecular complexity index is 888. The maximum absolute atomic E-state index is 11.0. The molecule has 0 bridgehead atoms. The third-order valence-electron chi connectivity index (χ3n) is 3.24. The molecule has 0 saturated heterocycles. The molecule has 3 aromatic rings. The van der Waals surface area contributed by atoms with E-state index >= 15 is 0 Å². The molecule has 6 nitrogen and oxygen atoms in total. The van der Waals surface area contributed by atoms with E-state index in [-0.39, 0.29) is 5.69 Å². The number of carboxylic acid groups (broad SMARTS) is 1. The van der Waals surface area contributed by atoms with Crippen molar-refractivity contribution in [2.75, 3.05) is 13.2 Å². The second-order valence-corrected chi connectivity index (χ2v) is 6.62. The van der Waals surface area contributed by atoms with Gasteiger partial charge in [-0.1, -0.05) is 0 Å². The van der Waals surface area contributed by atoms with Gasteiger partial charge in [0.25, 0.3) is 0 Å². The number of hydrogen-bond acceptors (Lipinski definition) is 7. The van der Waals surface area contributed by atoms with E-state index in [0.29, 0.717) is 35.4 Å². The SMILES string of the molecule is CCOc1ccc(-c2nc(-c3nc(C(=O)O)cs3)cs2)cc1OCC. The summed E-state index contributed by atoms with van der Waals surface area (Å²) in [5.41, 5.74) is 1.62. The topological polar surface area (TPSA) is 81.5 Å². The maximum atomic E-state index is 11.0. The Morgan fingerprint density at radius 2 is 1.76 bits per heavy atom. The molecule has 0 aliphatic rings. The van der Waals surface area contributed by atoms with Gasteiger partial charge in [0.15, 0.2) is 17.2 Å². The molecule has 130 valence electrons. The van der Waals surface area contributed by atoms with Gasteiger partial charge in [0, 0.05) is 16.3 Å². The van der Waals surface area contributed by atoms with Crippen molar-refractivity contribution in [2.45, 2.75) is 13.8 Å². The van der Waals surface area contributed by atoms with Crippen molar-refractivity contribution in [3.8, 4) is 32.8 Å². The number of thiazole rings is 2. The quantitative estimate of drug-likeness (QED) is 0.657. The van der Waals surface area contributed by atoms with Crippen molar-refractivity contribution in [3.63, 3.8) is 0 Å². The van der Waals surface area contributed by atoms with Crippen LogP contribution in [-0.4, -0.2) is 34.3 Å². The standard InChI is InChI=1S/C17H16N2O4S2/c1-3-22-13-6-5-10(7-14(13)23-4-2)15-18-11(8-24-15)16-19-12(9-25-16)17(20)21/h5-9H,3-4H2,1-2H3,(H,20,21). The Balaban J connectivity index is 1.90. The zero-order valence-electron chi connectivity index (χ0n) is 13.7. The van der Waals surface area contributed by atoms with Crippen molar-refractivity contribution >= 4 is 28.6 Å². The lowest BCUT2D eigenvalue weighted by molar-refractivity contribution is 0.0691. The van der Waals surface area contributed by atoms with E-state index < -0.39 is 5.97 Å². The highest BCUT2D eigenvalue weighted by atomic mass is 32.1. The predicted octanol–water partition coefficient (Wildman–Crippen LogP) is 4.43. The summed E-state index contributed by atoms with van der Waals surface area (Å²) in [5, 5.41) is 13.8. The number of aromatic carboxylic acids is 1. The third-order valence-corrected chi connectivity index (χ3v) is 4.99. The Labute approximate surface area is 152 Å². The summed E-state index contributed by atoms with van der Waals surface area (Å²) in [7, 11) is 0. The average Bonchev–Trinajstić information content (AvgIpc) is 3.26. The molecule has 25 heavy (non-hydrogen) atoms. The summed E-state index contributed by atoms with van der Waals surface area (Å²) in [6.07, 6.45) is 0. The number of ether oxygens (including phenoxy) is 2. The number of rotatable bonds is 7. The first-order valence-electron chi connectivity index (χ1n) is 7.67. The fourth-order valence-electron chi connectivity index (χ4n) is 2.18. The van der Waals surface area contributed by atoms with Crippen LogP contribution in [0.5, 0.6) is 11.5 Å². The van der Waals surface area contributed by atoms with E-state index in [0.717, 1.165) is 10.6 Å². The van der Waals surface area contributed by atoms with Crippen LogP contribution in [0.3, 0.4) is 0 Å². The molecule has 0 aliphatic carbocycles. The minimum atomic E-state index is -1.04. The molecular weight excluding hydrogens is 360 g/mol. The Morgan fingerprint density at radius 3 is 2.44 bits per heavy atom. The zero-order chi connectivity index (χ0) is 17.8. The molecule has 3 rings (SSSR count). The lowest BCUT2D eigenvalue weighted by atomic mass is 10.2. The molecule has 1 N–H and O–H groups in total. The number of carboxylic acids is 1. The van der Waals surface area contributed by atoms with E-state index in [1.807, 2.05) is 37.4 Å². The monoisotopic (exact) mass is 376 g/mol. The summed E-state index contributed by atoms with van der Waals surface area (Å²) in [6.45, 7) is 4.96. The Hall–Kier alpha value is -2.45. The number of benzene rings is 1. The normalized spacial score (nSPS) is 10.6. The summed E-state index contributed by atoms with van der Waals surface area (Å²) < 4.78 is 11.2. The first kappa shape index (κ1) is 17.4. The van der Waals surface area contributed by atoms with Gasteiger partial charge in [0.1, 0.15) is 15.7 Å². The van der Waals surface area contributed by atoms with Crippen LogP contribution in [0.2, 0.25) is 0 Å². The van der Waals surface area contributed by atoms with E-state index in [1.54, 1.807) is 0 Å². The smallest absolute Gasteiger partial charge is 0.355 e. The van der Waals surface area contributed by atoms with Crippen LogP contribution < -0.4 is 9.47 Å². The minimum Gasteiger partial charge on any atom is -0.490 e. The van der Waals surface area contributed by atoms with Gasteiger partial charge < -0.3 is 14.6 Å². The molecular formula is C17H16N2O4S2. The molecule has 0 atom stereocenters. The molecule has 0 spiro atoms. The van der Waals surface area contributed by atoms with E-state index in [4.69, 9.17) is 14.6 Å². The molecule has 1 aromatic carbocycles. The zero-order valence-corrected chi connectivity index (χ0v) is 15.3. The molecule has 0 amide bonds. The van der Waals surface area contributed by atoms with Crippen LogP contribution >= 0.6 is 22.7 Å². The predicted molar refractivity (Wildman–Crippen MR) is 98.0 cm³/mol. The number of carbonyl (C=O) groups is 1.